The Bertz CT molecular complexity index is 1060. The van der Waals surface area contributed by atoms with Gasteiger partial charge in [0.25, 0.3) is 0 Å². The van der Waals surface area contributed by atoms with E-state index in [0.717, 1.165) is 54.8 Å². The quantitative estimate of drug-likeness (QED) is 0.443. The average molecular weight is 431 g/mol. The van der Waals surface area contributed by atoms with Gasteiger partial charge in [-0.3, -0.25) is 0 Å². The third-order valence-electron chi connectivity index (χ3n) is 5.85. The van der Waals surface area contributed by atoms with Gasteiger partial charge in [0, 0.05) is 0 Å². The largest absolute Gasteiger partial charge is 0.494 e. The van der Waals surface area contributed by atoms with Gasteiger partial charge in [-0.25, -0.2) is 4.39 Å². The fourth-order valence-corrected chi connectivity index (χ4v) is 4.26. The second-order valence-corrected chi connectivity index (χ2v) is 7.97. The van der Waals surface area contributed by atoms with Gasteiger partial charge in [-0.2, -0.15) is 5.26 Å². The number of nitrogens with zero attached hydrogens (tertiary/aromatic N) is 1. The molecule has 5 heteroatoms. The van der Waals surface area contributed by atoms with Crippen molar-refractivity contribution in [1.29, 1.82) is 5.26 Å². The Hall–Kier alpha value is -3.20. The van der Waals surface area contributed by atoms with Crippen molar-refractivity contribution < 1.29 is 13.9 Å². The van der Waals surface area contributed by atoms with Crippen LogP contribution in [-0.4, -0.2) is 19.7 Å². The van der Waals surface area contributed by atoms with Crippen LogP contribution in [0.2, 0.25) is 0 Å². The molecule has 1 unspecified atom stereocenters. The molecular weight excluding hydrogens is 403 g/mol. The molecule has 0 radical (unpaired) electrons. The van der Waals surface area contributed by atoms with E-state index in [1.54, 1.807) is 12.1 Å². The van der Waals surface area contributed by atoms with E-state index >= 15 is 0 Å². The third-order valence-corrected chi connectivity index (χ3v) is 5.85. The number of nitrogens with one attached hydrogen (secondary N) is 1. The zero-order valence-electron chi connectivity index (χ0n) is 18.0. The Morgan fingerprint density at radius 1 is 1.00 bits per heavy atom. The minimum absolute atomic E-state index is 0.263. The number of benzene rings is 3. The molecule has 32 heavy (non-hydrogen) atoms. The highest BCUT2D eigenvalue weighted by Gasteiger charge is 2.41. The lowest BCUT2D eigenvalue weighted by Gasteiger charge is -2.30. The minimum Gasteiger partial charge on any atom is -0.494 e. The summed E-state index contributed by atoms with van der Waals surface area (Å²) >= 11 is 0. The molecule has 0 amide bonds. The summed E-state index contributed by atoms with van der Waals surface area (Å²) in [6, 6.07) is 24.3. The van der Waals surface area contributed by atoms with E-state index in [9.17, 15) is 9.65 Å². The topological polar surface area (TPSA) is 54.3 Å². The SMILES string of the molecule is N#Cc1ccc2c(c1)COC2(CCCNCCCOc1ccccc1)c1ccc(F)cc1. The Morgan fingerprint density at radius 3 is 2.56 bits per heavy atom. The van der Waals surface area contributed by atoms with Crippen molar-refractivity contribution in [2.24, 2.45) is 0 Å². The summed E-state index contributed by atoms with van der Waals surface area (Å²) in [4.78, 5) is 0. The van der Waals surface area contributed by atoms with Crippen LogP contribution in [-0.2, 0) is 16.9 Å². The average Bonchev–Trinajstić information content (AvgIpc) is 3.20. The van der Waals surface area contributed by atoms with Gasteiger partial charge in [0.1, 0.15) is 17.2 Å². The second kappa shape index (κ2) is 10.4. The summed E-state index contributed by atoms with van der Waals surface area (Å²) in [6.45, 7) is 2.85. The third kappa shape index (κ3) is 4.99. The molecule has 1 heterocycles. The number of ether oxygens (including phenoxy) is 2. The van der Waals surface area contributed by atoms with Gasteiger partial charge in [0.15, 0.2) is 0 Å². The number of hydrogen-bond acceptors (Lipinski definition) is 4. The lowest BCUT2D eigenvalue weighted by molar-refractivity contribution is -0.0129. The molecule has 0 saturated heterocycles. The predicted octanol–water partition coefficient (Wildman–Crippen LogP) is 5.31. The first-order chi connectivity index (χ1) is 15.7. The molecule has 1 aliphatic rings. The van der Waals surface area contributed by atoms with Crippen LogP contribution >= 0.6 is 0 Å². The Kier molecular flexibility index (Phi) is 7.16. The van der Waals surface area contributed by atoms with E-state index in [4.69, 9.17) is 9.47 Å². The first-order valence-corrected chi connectivity index (χ1v) is 11.0. The molecule has 3 aromatic rings. The molecule has 4 nitrogen and oxygen atoms in total. The molecular formula is C27H27FN2O2. The fourth-order valence-electron chi connectivity index (χ4n) is 4.26. The zero-order valence-corrected chi connectivity index (χ0v) is 18.0. The molecule has 164 valence electrons. The van der Waals surface area contributed by atoms with Gasteiger partial charge in [0.05, 0.1) is 24.8 Å². The molecule has 0 aromatic heterocycles. The lowest BCUT2D eigenvalue weighted by atomic mass is 9.81. The van der Waals surface area contributed by atoms with Crippen LogP contribution in [0, 0.1) is 17.1 Å². The van der Waals surface area contributed by atoms with Crippen LogP contribution in [0.4, 0.5) is 4.39 Å². The number of para-hydroxylation sites is 1. The summed E-state index contributed by atoms with van der Waals surface area (Å²) in [5, 5.41) is 12.7. The van der Waals surface area contributed by atoms with Crippen LogP contribution in [0.3, 0.4) is 0 Å². The Labute approximate surface area is 188 Å². The maximum atomic E-state index is 13.6. The number of fused-ring (bicyclic) bond motifs is 1. The molecule has 3 aromatic carbocycles. The van der Waals surface area contributed by atoms with Crippen molar-refractivity contribution in [3.8, 4) is 11.8 Å². The maximum absolute atomic E-state index is 13.6. The number of hydrogen-bond donors (Lipinski definition) is 1. The molecule has 4 rings (SSSR count). The van der Waals surface area contributed by atoms with Gasteiger partial charge < -0.3 is 14.8 Å². The van der Waals surface area contributed by atoms with E-state index in [2.05, 4.69) is 11.4 Å². The van der Waals surface area contributed by atoms with E-state index in [0.29, 0.717) is 18.8 Å². The van der Waals surface area contributed by atoms with Crippen LogP contribution in [0.25, 0.3) is 0 Å². The van der Waals surface area contributed by atoms with Gasteiger partial charge in [-0.05, 0) is 85.4 Å². The van der Waals surface area contributed by atoms with Crippen LogP contribution in [0.5, 0.6) is 5.75 Å². The molecule has 0 saturated carbocycles. The summed E-state index contributed by atoms with van der Waals surface area (Å²) in [6.07, 6.45) is 2.59. The molecule has 1 aliphatic heterocycles. The highest BCUT2D eigenvalue weighted by Crippen LogP contribution is 2.45. The predicted molar refractivity (Wildman–Crippen MR) is 122 cm³/mol. The van der Waals surface area contributed by atoms with E-state index in [-0.39, 0.29) is 5.82 Å². The van der Waals surface area contributed by atoms with Crippen LogP contribution in [0.15, 0.2) is 72.8 Å². The van der Waals surface area contributed by atoms with Crippen molar-refractivity contribution in [2.45, 2.75) is 31.5 Å². The van der Waals surface area contributed by atoms with E-state index in [1.807, 2.05) is 48.5 Å². The summed E-state index contributed by atoms with van der Waals surface area (Å²) < 4.78 is 25.6. The molecule has 1 atom stereocenters. The minimum atomic E-state index is -0.616. The highest BCUT2D eigenvalue weighted by molar-refractivity contribution is 5.47. The zero-order chi connectivity index (χ0) is 22.2. The number of rotatable bonds is 10. The van der Waals surface area contributed by atoms with Crippen molar-refractivity contribution >= 4 is 0 Å². The molecule has 1 N–H and O–H groups in total. The monoisotopic (exact) mass is 430 g/mol. The first kappa shape index (κ1) is 22.0. The van der Waals surface area contributed by atoms with E-state index in [1.165, 1.54) is 12.1 Å². The molecule has 0 bridgehead atoms. The van der Waals surface area contributed by atoms with Crippen molar-refractivity contribution in [3.05, 3.63) is 101 Å². The van der Waals surface area contributed by atoms with Crippen LogP contribution < -0.4 is 10.1 Å². The molecule has 0 aliphatic carbocycles. The Morgan fingerprint density at radius 2 is 1.78 bits per heavy atom. The summed E-state index contributed by atoms with van der Waals surface area (Å²) in [7, 11) is 0. The number of nitriles is 1. The van der Waals surface area contributed by atoms with Gasteiger partial charge in [-0.1, -0.05) is 36.4 Å². The van der Waals surface area contributed by atoms with Gasteiger partial charge >= 0.3 is 0 Å². The molecule has 0 spiro atoms. The van der Waals surface area contributed by atoms with Gasteiger partial charge in [-0.15, -0.1) is 0 Å². The van der Waals surface area contributed by atoms with Crippen molar-refractivity contribution in [1.82, 2.24) is 5.32 Å². The van der Waals surface area contributed by atoms with Crippen molar-refractivity contribution in [3.63, 3.8) is 0 Å². The van der Waals surface area contributed by atoms with E-state index < -0.39 is 5.60 Å². The first-order valence-electron chi connectivity index (χ1n) is 11.0. The highest BCUT2D eigenvalue weighted by atomic mass is 19.1. The normalized spacial score (nSPS) is 17.0. The smallest absolute Gasteiger partial charge is 0.123 e. The molecule has 0 fully saturated rings. The standard InChI is InChI=1S/C27H27FN2O2/c28-24-11-9-23(10-12-24)27(26-13-8-21(19-29)18-22(26)20-32-27)14-4-15-30-16-5-17-31-25-6-2-1-3-7-25/h1-3,6-13,18,30H,4-5,14-17,20H2. The fraction of sp³-hybridized carbons (Fsp3) is 0.296. The summed E-state index contributed by atoms with van der Waals surface area (Å²) in [5.74, 6) is 0.631. The van der Waals surface area contributed by atoms with Gasteiger partial charge in [0.2, 0.25) is 0 Å². The Balaban J connectivity index is 1.34. The second-order valence-electron chi connectivity index (χ2n) is 7.97. The maximum Gasteiger partial charge on any atom is 0.123 e. The van der Waals surface area contributed by atoms with Crippen molar-refractivity contribution in [2.75, 3.05) is 19.7 Å². The summed E-state index contributed by atoms with van der Waals surface area (Å²) in [5.41, 5.74) is 3.05. The number of halogens is 1. The lowest BCUT2D eigenvalue weighted by Crippen LogP contribution is -2.29. The van der Waals surface area contributed by atoms with Crippen LogP contribution in [0.1, 0.15) is 41.5 Å².